The van der Waals surface area contributed by atoms with Crippen molar-refractivity contribution in [3.63, 3.8) is 0 Å². The average Bonchev–Trinajstić information content (AvgIpc) is 2.81. The lowest BCUT2D eigenvalue weighted by molar-refractivity contribution is 0.0698. The molecule has 6 nitrogen and oxygen atoms in total. The monoisotopic (exact) mass is 309 g/mol. The van der Waals surface area contributed by atoms with Crippen LogP contribution in [-0.2, 0) is 0 Å². The topological polar surface area (TPSA) is 95.1 Å². The normalized spacial score (nSPS) is 10.1. The molecule has 0 aliphatic rings. The predicted octanol–water partition coefficient (Wildman–Crippen LogP) is 2.12. The van der Waals surface area contributed by atoms with E-state index in [0.29, 0.717) is 10.0 Å². The summed E-state index contributed by atoms with van der Waals surface area (Å²) in [6.07, 6.45) is 2.78. The standard InChI is InChI=1S/C11H8BrN3O3/c12-7-1-2-8(11(17)18)9(3-7)15-10(16)6-4-13-14-5-6/h1-5H,(H,13,14)(H,15,16)(H,17,18). The molecule has 18 heavy (non-hydrogen) atoms. The van der Waals surface area contributed by atoms with Crippen LogP contribution in [-0.4, -0.2) is 27.2 Å². The van der Waals surface area contributed by atoms with Gasteiger partial charge in [0.15, 0.2) is 0 Å². The molecule has 0 atom stereocenters. The molecule has 0 aliphatic heterocycles. The molecule has 0 saturated heterocycles. The van der Waals surface area contributed by atoms with Crippen LogP contribution in [0.2, 0.25) is 0 Å². The first-order valence-electron chi connectivity index (χ1n) is 4.91. The molecule has 0 bridgehead atoms. The van der Waals surface area contributed by atoms with Crippen molar-refractivity contribution in [1.82, 2.24) is 10.2 Å². The Balaban J connectivity index is 2.31. The maximum Gasteiger partial charge on any atom is 0.337 e. The highest BCUT2D eigenvalue weighted by atomic mass is 79.9. The van der Waals surface area contributed by atoms with Gasteiger partial charge >= 0.3 is 5.97 Å². The number of aromatic nitrogens is 2. The van der Waals surface area contributed by atoms with E-state index < -0.39 is 11.9 Å². The van der Waals surface area contributed by atoms with Crippen molar-refractivity contribution in [2.45, 2.75) is 0 Å². The first kappa shape index (κ1) is 12.3. The number of benzene rings is 1. The summed E-state index contributed by atoms with van der Waals surface area (Å²) in [6.45, 7) is 0. The van der Waals surface area contributed by atoms with Crippen LogP contribution in [0.15, 0.2) is 35.1 Å². The molecule has 2 rings (SSSR count). The molecule has 92 valence electrons. The number of amides is 1. The second kappa shape index (κ2) is 5.01. The van der Waals surface area contributed by atoms with Gasteiger partial charge in [0.2, 0.25) is 0 Å². The van der Waals surface area contributed by atoms with Gasteiger partial charge in [-0.1, -0.05) is 15.9 Å². The van der Waals surface area contributed by atoms with Gasteiger partial charge < -0.3 is 10.4 Å². The molecule has 0 radical (unpaired) electrons. The zero-order valence-electron chi connectivity index (χ0n) is 8.98. The number of H-pyrrole nitrogens is 1. The van der Waals surface area contributed by atoms with Gasteiger partial charge in [0.05, 0.1) is 23.0 Å². The van der Waals surface area contributed by atoms with Gasteiger partial charge in [0.25, 0.3) is 5.91 Å². The molecular weight excluding hydrogens is 302 g/mol. The van der Waals surface area contributed by atoms with Gasteiger partial charge in [-0.25, -0.2) is 4.79 Å². The number of rotatable bonds is 3. The lowest BCUT2D eigenvalue weighted by Crippen LogP contribution is -2.14. The molecule has 1 heterocycles. The van der Waals surface area contributed by atoms with Gasteiger partial charge in [0.1, 0.15) is 0 Å². The smallest absolute Gasteiger partial charge is 0.337 e. The van der Waals surface area contributed by atoms with Crippen molar-refractivity contribution >= 4 is 33.5 Å². The van der Waals surface area contributed by atoms with E-state index in [1.54, 1.807) is 6.07 Å². The fraction of sp³-hybridized carbons (Fsp3) is 0. The lowest BCUT2D eigenvalue weighted by Gasteiger charge is -2.07. The van der Waals surface area contributed by atoms with Crippen molar-refractivity contribution in [2.24, 2.45) is 0 Å². The molecule has 0 aliphatic carbocycles. The van der Waals surface area contributed by atoms with Gasteiger partial charge in [-0.2, -0.15) is 5.10 Å². The van der Waals surface area contributed by atoms with E-state index in [1.807, 2.05) is 0 Å². The number of nitrogens with one attached hydrogen (secondary N) is 2. The highest BCUT2D eigenvalue weighted by Crippen LogP contribution is 2.22. The van der Waals surface area contributed by atoms with Gasteiger partial charge in [0, 0.05) is 10.7 Å². The molecule has 1 amide bonds. The third kappa shape index (κ3) is 2.57. The number of carbonyl (C=O) groups is 2. The maximum absolute atomic E-state index is 11.8. The Morgan fingerprint density at radius 2 is 2.17 bits per heavy atom. The van der Waals surface area contributed by atoms with Crippen molar-refractivity contribution in [3.8, 4) is 0 Å². The fourth-order valence-electron chi connectivity index (χ4n) is 1.38. The van der Waals surface area contributed by atoms with E-state index in [9.17, 15) is 9.59 Å². The Morgan fingerprint density at radius 1 is 1.39 bits per heavy atom. The van der Waals surface area contributed by atoms with Crippen molar-refractivity contribution in [1.29, 1.82) is 0 Å². The van der Waals surface area contributed by atoms with Crippen LogP contribution < -0.4 is 5.32 Å². The number of hydrogen-bond donors (Lipinski definition) is 3. The molecule has 3 N–H and O–H groups in total. The molecule has 7 heteroatoms. The minimum atomic E-state index is -1.11. The summed E-state index contributed by atoms with van der Waals surface area (Å²) in [7, 11) is 0. The van der Waals surface area contributed by atoms with Gasteiger partial charge in [-0.15, -0.1) is 0 Å². The predicted molar refractivity (Wildman–Crippen MR) is 67.6 cm³/mol. The van der Waals surface area contributed by atoms with E-state index in [4.69, 9.17) is 5.11 Å². The largest absolute Gasteiger partial charge is 0.478 e. The molecule has 0 spiro atoms. The number of aromatic carboxylic acids is 1. The van der Waals surface area contributed by atoms with Crippen molar-refractivity contribution in [2.75, 3.05) is 5.32 Å². The maximum atomic E-state index is 11.8. The Bertz CT molecular complexity index is 596. The van der Waals surface area contributed by atoms with E-state index >= 15 is 0 Å². The number of halogens is 1. The van der Waals surface area contributed by atoms with E-state index in [2.05, 4.69) is 31.4 Å². The summed E-state index contributed by atoms with van der Waals surface area (Å²) in [5.74, 6) is -1.53. The number of hydrogen-bond acceptors (Lipinski definition) is 3. The molecule has 1 aromatic heterocycles. The van der Waals surface area contributed by atoms with E-state index in [-0.39, 0.29) is 11.3 Å². The van der Waals surface area contributed by atoms with Crippen LogP contribution in [0.3, 0.4) is 0 Å². The third-order valence-electron chi connectivity index (χ3n) is 2.22. The second-order valence-electron chi connectivity index (χ2n) is 3.44. The zero-order chi connectivity index (χ0) is 13.1. The first-order chi connectivity index (χ1) is 8.58. The van der Waals surface area contributed by atoms with Crippen LogP contribution in [0.5, 0.6) is 0 Å². The van der Waals surface area contributed by atoms with E-state index in [0.717, 1.165) is 0 Å². The summed E-state index contributed by atoms with van der Waals surface area (Å²) in [6, 6.07) is 4.54. The first-order valence-corrected chi connectivity index (χ1v) is 5.70. The van der Waals surface area contributed by atoms with Crippen molar-refractivity contribution in [3.05, 3.63) is 46.2 Å². The number of aromatic amines is 1. The average molecular weight is 310 g/mol. The molecule has 0 unspecified atom stereocenters. The summed E-state index contributed by atoms with van der Waals surface area (Å²) in [5.41, 5.74) is 0.574. The second-order valence-corrected chi connectivity index (χ2v) is 4.35. The van der Waals surface area contributed by atoms with Crippen LogP contribution in [0.1, 0.15) is 20.7 Å². The van der Waals surface area contributed by atoms with Crippen LogP contribution in [0.4, 0.5) is 5.69 Å². The highest BCUT2D eigenvalue weighted by Gasteiger charge is 2.14. The summed E-state index contributed by atoms with van der Waals surface area (Å²) in [4.78, 5) is 22.8. The number of carbonyl (C=O) groups excluding carboxylic acids is 1. The molecular formula is C11H8BrN3O3. The minimum absolute atomic E-state index is 0.0232. The molecule has 0 fully saturated rings. The van der Waals surface area contributed by atoms with Gasteiger partial charge in [-0.05, 0) is 18.2 Å². The lowest BCUT2D eigenvalue weighted by atomic mass is 10.1. The summed E-state index contributed by atoms with van der Waals surface area (Å²) in [5, 5.41) is 17.7. The highest BCUT2D eigenvalue weighted by molar-refractivity contribution is 9.10. The summed E-state index contributed by atoms with van der Waals surface area (Å²) >= 11 is 3.22. The van der Waals surface area contributed by atoms with Crippen LogP contribution in [0.25, 0.3) is 0 Å². The Labute approximate surface area is 110 Å². The molecule has 0 saturated carbocycles. The van der Waals surface area contributed by atoms with Crippen LogP contribution in [0, 0.1) is 0 Å². The molecule has 2 aromatic rings. The Morgan fingerprint density at radius 3 is 2.78 bits per heavy atom. The number of carboxylic acid groups (broad SMARTS) is 1. The van der Waals surface area contributed by atoms with E-state index in [1.165, 1.54) is 24.5 Å². The SMILES string of the molecule is O=C(Nc1cc(Br)ccc1C(=O)O)c1cn[nH]c1. The third-order valence-corrected chi connectivity index (χ3v) is 2.71. The van der Waals surface area contributed by atoms with Crippen molar-refractivity contribution < 1.29 is 14.7 Å². The number of carboxylic acids is 1. The summed E-state index contributed by atoms with van der Waals surface area (Å²) < 4.78 is 0.676. The Kier molecular flexibility index (Phi) is 3.42. The van der Waals surface area contributed by atoms with Crippen LogP contribution >= 0.6 is 15.9 Å². The fourth-order valence-corrected chi connectivity index (χ4v) is 1.74. The number of anilines is 1. The number of nitrogens with zero attached hydrogens (tertiary/aromatic N) is 1. The van der Waals surface area contributed by atoms with Gasteiger partial charge in [-0.3, -0.25) is 9.89 Å². The quantitative estimate of drug-likeness (QED) is 0.809. The Hall–Kier alpha value is -2.15. The zero-order valence-corrected chi connectivity index (χ0v) is 10.6. The molecule has 1 aromatic carbocycles. The minimum Gasteiger partial charge on any atom is -0.478 e.